The van der Waals surface area contributed by atoms with Crippen LogP contribution in [0.25, 0.3) is 0 Å². The van der Waals surface area contributed by atoms with Gasteiger partial charge in [0.25, 0.3) is 0 Å². The molecule has 0 aliphatic rings. The standard InChI is InChI=1S/C24H21O7P/c1-16(25)19-4-10-22(11-5-19)29-32(28,30-23-12-6-20(7-13-23)17(2)26)31-24-14-8-21(9-15-24)18(3)27/h4-15H,1-3H3. The minimum atomic E-state index is -4.26. The van der Waals surface area contributed by atoms with Gasteiger partial charge in [0.1, 0.15) is 17.2 Å². The second kappa shape index (κ2) is 9.62. The molecule has 164 valence electrons. The number of ketones is 3. The van der Waals surface area contributed by atoms with Crippen LogP contribution in [-0.4, -0.2) is 17.3 Å². The van der Waals surface area contributed by atoms with E-state index < -0.39 is 7.82 Å². The summed E-state index contributed by atoms with van der Waals surface area (Å²) in [6.45, 7) is 4.30. The lowest BCUT2D eigenvalue weighted by atomic mass is 10.1. The Morgan fingerprint density at radius 1 is 0.500 bits per heavy atom. The Morgan fingerprint density at radius 3 is 0.906 bits per heavy atom. The van der Waals surface area contributed by atoms with Gasteiger partial charge in [-0.15, -0.1) is 0 Å². The van der Waals surface area contributed by atoms with Crippen LogP contribution in [-0.2, 0) is 4.57 Å². The van der Waals surface area contributed by atoms with Crippen molar-refractivity contribution in [3.8, 4) is 17.2 Å². The smallest absolute Gasteiger partial charge is 0.386 e. The highest BCUT2D eigenvalue weighted by molar-refractivity contribution is 7.49. The summed E-state index contributed by atoms with van der Waals surface area (Å²) in [7, 11) is -4.26. The van der Waals surface area contributed by atoms with Gasteiger partial charge in [0, 0.05) is 16.7 Å². The molecule has 0 spiro atoms. The van der Waals surface area contributed by atoms with Crippen LogP contribution in [0.2, 0.25) is 0 Å². The molecule has 0 atom stereocenters. The van der Waals surface area contributed by atoms with E-state index in [1.54, 1.807) is 0 Å². The van der Waals surface area contributed by atoms with E-state index in [4.69, 9.17) is 13.6 Å². The van der Waals surface area contributed by atoms with Crippen LogP contribution in [0, 0.1) is 0 Å². The molecule has 0 fully saturated rings. The molecule has 3 aromatic rings. The zero-order valence-corrected chi connectivity index (χ0v) is 18.6. The van der Waals surface area contributed by atoms with Crippen molar-refractivity contribution in [1.82, 2.24) is 0 Å². The lowest BCUT2D eigenvalue weighted by molar-refractivity contribution is 0.100. The third kappa shape index (κ3) is 5.93. The van der Waals surface area contributed by atoms with E-state index in [0.717, 1.165) is 0 Å². The van der Waals surface area contributed by atoms with Crippen molar-refractivity contribution in [3.05, 3.63) is 89.5 Å². The number of Topliss-reactive ketones (excluding diaryl/α,β-unsaturated/α-hetero) is 3. The van der Waals surface area contributed by atoms with Crippen LogP contribution in [0.5, 0.6) is 17.2 Å². The Kier molecular flexibility index (Phi) is 6.91. The molecule has 7 nitrogen and oxygen atoms in total. The Morgan fingerprint density at radius 2 is 0.719 bits per heavy atom. The molecule has 0 N–H and O–H groups in total. The molecular weight excluding hydrogens is 431 g/mol. The molecule has 8 heteroatoms. The van der Waals surface area contributed by atoms with Crippen molar-refractivity contribution >= 4 is 25.2 Å². The first kappa shape index (κ1) is 23.0. The average Bonchev–Trinajstić information content (AvgIpc) is 2.74. The molecule has 0 heterocycles. The summed E-state index contributed by atoms with van der Waals surface area (Å²) < 4.78 is 30.2. The lowest BCUT2D eigenvalue weighted by Crippen LogP contribution is -2.08. The summed E-state index contributed by atoms with van der Waals surface area (Å²) in [6, 6.07) is 18.1. The minimum absolute atomic E-state index is 0.122. The van der Waals surface area contributed by atoms with Crippen molar-refractivity contribution in [2.24, 2.45) is 0 Å². The molecule has 0 unspecified atom stereocenters. The fraction of sp³-hybridized carbons (Fsp3) is 0.125. The van der Waals surface area contributed by atoms with Crippen LogP contribution in [0.3, 0.4) is 0 Å². The first-order chi connectivity index (χ1) is 15.1. The maximum absolute atomic E-state index is 13.5. The number of hydrogen-bond acceptors (Lipinski definition) is 7. The van der Waals surface area contributed by atoms with Crippen molar-refractivity contribution < 1.29 is 32.5 Å². The molecule has 0 saturated heterocycles. The van der Waals surface area contributed by atoms with Gasteiger partial charge in [0.05, 0.1) is 0 Å². The van der Waals surface area contributed by atoms with Crippen molar-refractivity contribution in [1.29, 1.82) is 0 Å². The Labute approximate surface area is 185 Å². The van der Waals surface area contributed by atoms with Crippen LogP contribution in [0.15, 0.2) is 72.8 Å². The molecule has 0 aromatic heterocycles. The van der Waals surface area contributed by atoms with Crippen LogP contribution < -0.4 is 13.6 Å². The highest BCUT2D eigenvalue weighted by atomic mass is 31.2. The van der Waals surface area contributed by atoms with E-state index in [0.29, 0.717) is 16.7 Å². The van der Waals surface area contributed by atoms with E-state index in [9.17, 15) is 18.9 Å². The molecule has 3 rings (SSSR count). The van der Waals surface area contributed by atoms with Crippen LogP contribution in [0.1, 0.15) is 51.8 Å². The summed E-state index contributed by atoms with van der Waals surface area (Å²) >= 11 is 0. The molecule has 0 bridgehead atoms. The van der Waals surface area contributed by atoms with E-state index in [-0.39, 0.29) is 34.6 Å². The third-order valence-electron chi connectivity index (χ3n) is 4.43. The summed E-state index contributed by atoms with van der Waals surface area (Å²) in [5.41, 5.74) is 1.40. The van der Waals surface area contributed by atoms with Gasteiger partial charge < -0.3 is 13.6 Å². The number of carbonyl (C=O) groups excluding carboxylic acids is 3. The zero-order valence-electron chi connectivity index (χ0n) is 17.7. The second-order valence-corrected chi connectivity index (χ2v) is 8.40. The van der Waals surface area contributed by atoms with E-state index in [2.05, 4.69) is 0 Å². The number of phosphoric ester groups is 1. The number of phosphoric acid groups is 1. The summed E-state index contributed by atoms with van der Waals surface area (Å²) in [5, 5.41) is 0. The minimum Gasteiger partial charge on any atom is -0.386 e. The fourth-order valence-corrected chi connectivity index (χ4v) is 3.95. The predicted molar refractivity (Wildman–Crippen MR) is 119 cm³/mol. The Balaban J connectivity index is 1.89. The fourth-order valence-electron chi connectivity index (χ4n) is 2.69. The van der Waals surface area contributed by atoms with Crippen LogP contribution in [0.4, 0.5) is 0 Å². The zero-order chi connectivity index (χ0) is 23.3. The topological polar surface area (TPSA) is 96.0 Å². The van der Waals surface area contributed by atoms with Gasteiger partial charge in [-0.1, -0.05) is 0 Å². The normalized spacial score (nSPS) is 10.8. The molecule has 0 amide bonds. The maximum Gasteiger partial charge on any atom is 0.647 e. The average molecular weight is 452 g/mol. The Hall–Kier alpha value is -3.70. The van der Waals surface area contributed by atoms with E-state index in [1.807, 2.05) is 0 Å². The quantitative estimate of drug-likeness (QED) is 0.293. The molecule has 3 aromatic carbocycles. The molecule has 0 aliphatic carbocycles. The van der Waals surface area contributed by atoms with Gasteiger partial charge >= 0.3 is 7.82 Å². The molecular formula is C24H21O7P. The molecule has 0 radical (unpaired) electrons. The lowest BCUT2D eigenvalue weighted by Gasteiger charge is -2.19. The van der Waals surface area contributed by atoms with E-state index >= 15 is 0 Å². The van der Waals surface area contributed by atoms with Gasteiger partial charge in [0.15, 0.2) is 17.3 Å². The van der Waals surface area contributed by atoms with Crippen LogP contribution >= 0.6 is 7.82 Å². The monoisotopic (exact) mass is 452 g/mol. The van der Waals surface area contributed by atoms with Crippen molar-refractivity contribution in [2.75, 3.05) is 0 Å². The third-order valence-corrected chi connectivity index (χ3v) is 5.74. The molecule has 0 saturated carbocycles. The first-order valence-corrected chi connectivity index (χ1v) is 11.1. The highest BCUT2D eigenvalue weighted by Crippen LogP contribution is 2.49. The summed E-state index contributed by atoms with van der Waals surface area (Å²) in [4.78, 5) is 34.4. The number of hydrogen-bond donors (Lipinski definition) is 0. The number of rotatable bonds is 9. The SMILES string of the molecule is CC(=O)c1ccc(OP(=O)(Oc2ccc(C(C)=O)cc2)Oc2ccc(C(C)=O)cc2)cc1. The van der Waals surface area contributed by atoms with Crippen molar-refractivity contribution in [2.45, 2.75) is 20.8 Å². The maximum atomic E-state index is 13.5. The van der Waals surface area contributed by atoms with Gasteiger partial charge in [-0.2, -0.15) is 4.57 Å². The number of benzene rings is 3. The second-order valence-electron chi connectivity index (χ2n) is 6.96. The van der Waals surface area contributed by atoms with Gasteiger partial charge in [-0.3, -0.25) is 14.4 Å². The van der Waals surface area contributed by atoms with Gasteiger partial charge in [0.2, 0.25) is 0 Å². The first-order valence-electron chi connectivity index (χ1n) is 9.67. The highest BCUT2D eigenvalue weighted by Gasteiger charge is 2.33. The molecule has 32 heavy (non-hydrogen) atoms. The van der Waals surface area contributed by atoms with Gasteiger partial charge in [-0.25, -0.2) is 0 Å². The summed E-state index contributed by atoms with van der Waals surface area (Å²) in [6.07, 6.45) is 0. The number of carbonyl (C=O) groups is 3. The van der Waals surface area contributed by atoms with Crippen molar-refractivity contribution in [3.63, 3.8) is 0 Å². The largest absolute Gasteiger partial charge is 0.647 e. The van der Waals surface area contributed by atoms with E-state index in [1.165, 1.54) is 93.6 Å². The Bertz CT molecular complexity index is 1030. The molecule has 0 aliphatic heterocycles. The summed E-state index contributed by atoms with van der Waals surface area (Å²) in [5.74, 6) is 0.132. The van der Waals surface area contributed by atoms with Gasteiger partial charge in [-0.05, 0) is 93.6 Å². The predicted octanol–water partition coefficient (Wildman–Crippen LogP) is 5.94.